The van der Waals surface area contributed by atoms with Crippen LogP contribution in [-0.2, 0) is 14.3 Å². The minimum atomic E-state index is -7.51. The van der Waals surface area contributed by atoms with Crippen LogP contribution in [0.25, 0.3) is 0 Å². The largest absolute Gasteiger partial charge is 0.449 e. The maximum atomic E-state index is 14.8. The van der Waals surface area contributed by atoms with Gasteiger partial charge in [-0.15, -0.1) is 0 Å². The quantitative estimate of drug-likeness (QED) is 0.204. The molecule has 0 aromatic carbocycles. The normalized spacial score (nSPS) is 33.3. The van der Waals surface area contributed by atoms with E-state index in [9.17, 15) is 67.0 Å². The molecular formula is C21H27F13O4Si. The molecule has 2 bridgehead atoms. The molecule has 5 atom stereocenters. The van der Waals surface area contributed by atoms with Gasteiger partial charge in [-0.1, -0.05) is 32.6 Å². The van der Waals surface area contributed by atoms with Crippen molar-refractivity contribution in [3.8, 4) is 0 Å². The summed E-state index contributed by atoms with van der Waals surface area (Å²) in [6.07, 6.45) is -11.6. The summed E-state index contributed by atoms with van der Waals surface area (Å²) in [5.41, 5.74) is -5.94. The van der Waals surface area contributed by atoms with E-state index in [2.05, 4.69) is 35.7 Å². The minimum absolute atomic E-state index is 0.215. The van der Waals surface area contributed by atoms with Crippen LogP contribution in [-0.4, -0.2) is 73.4 Å². The highest BCUT2D eigenvalue weighted by molar-refractivity contribution is 6.74. The molecule has 230 valence electrons. The van der Waals surface area contributed by atoms with Crippen molar-refractivity contribution < 1.29 is 76.5 Å². The molecule has 2 saturated carbocycles. The summed E-state index contributed by atoms with van der Waals surface area (Å²) in [5, 5.41) is 9.31. The minimum Gasteiger partial charge on any atom is -0.443 e. The van der Waals surface area contributed by atoms with Crippen molar-refractivity contribution in [3.63, 3.8) is 0 Å². The number of hydrogen-bond acceptors (Lipinski definition) is 4. The average Bonchev–Trinajstić information content (AvgIpc) is 3.41. The second-order valence-electron chi connectivity index (χ2n) is 11.6. The van der Waals surface area contributed by atoms with Crippen molar-refractivity contribution in [3.05, 3.63) is 0 Å². The number of fused-ring (bicyclic) bond motifs is 2. The molecule has 1 N–H and O–H groups in total. The number of ether oxygens (including phenoxy) is 2. The van der Waals surface area contributed by atoms with Crippen molar-refractivity contribution in [1.29, 1.82) is 0 Å². The Kier molecular flexibility index (Phi) is 8.61. The van der Waals surface area contributed by atoms with Gasteiger partial charge in [0.1, 0.15) is 6.61 Å². The van der Waals surface area contributed by atoms with Crippen LogP contribution in [0.2, 0.25) is 26.2 Å². The molecule has 3 fully saturated rings. The number of alkyl halides is 13. The fourth-order valence-corrected chi connectivity index (χ4v) is 4.75. The van der Waals surface area contributed by atoms with E-state index in [0.29, 0.717) is 6.42 Å². The molecule has 1 aliphatic heterocycles. The third-order valence-corrected chi connectivity index (χ3v) is 6.71. The Hall–Kier alpha value is -1.30. The second-order valence-corrected chi connectivity index (χ2v) is 17.6. The molecule has 18 heteroatoms. The lowest BCUT2D eigenvalue weighted by atomic mass is 9.80. The molecule has 0 radical (unpaired) electrons. The monoisotopic (exact) mass is 618 g/mol. The SMILES string of the molecule is C[Si](C)(C)C.O=C(OC1(C(F)(F)C(F)(F)C(F)(F)C(F)F)COC(O)(C(F)(F)F)C1(F)F)C1CC2CCC1C2. The fourth-order valence-electron chi connectivity index (χ4n) is 4.75. The van der Waals surface area contributed by atoms with Crippen LogP contribution < -0.4 is 0 Å². The van der Waals surface area contributed by atoms with Crippen LogP contribution in [0.5, 0.6) is 0 Å². The van der Waals surface area contributed by atoms with Gasteiger partial charge in [0.25, 0.3) is 5.60 Å². The molecule has 5 unspecified atom stereocenters. The van der Waals surface area contributed by atoms with Gasteiger partial charge in [0.05, 0.1) is 5.92 Å². The van der Waals surface area contributed by atoms with Gasteiger partial charge in [0.15, 0.2) is 0 Å². The first-order valence-electron chi connectivity index (χ1n) is 11.6. The van der Waals surface area contributed by atoms with Crippen LogP contribution in [0.4, 0.5) is 57.1 Å². The number of carbonyl (C=O) groups excluding carboxylic acids is 1. The Morgan fingerprint density at radius 3 is 1.77 bits per heavy atom. The van der Waals surface area contributed by atoms with Crippen LogP contribution in [0, 0.1) is 17.8 Å². The van der Waals surface area contributed by atoms with Gasteiger partial charge >= 0.3 is 48.0 Å². The van der Waals surface area contributed by atoms with E-state index in [1.165, 1.54) is 0 Å². The van der Waals surface area contributed by atoms with Gasteiger partial charge in [-0.2, -0.15) is 48.3 Å². The maximum Gasteiger partial charge on any atom is 0.449 e. The zero-order valence-electron chi connectivity index (χ0n) is 20.9. The number of aliphatic hydroxyl groups is 1. The molecule has 39 heavy (non-hydrogen) atoms. The van der Waals surface area contributed by atoms with Gasteiger partial charge in [-0.25, -0.2) is 8.78 Å². The molecule has 0 aromatic rings. The molecule has 2 aliphatic carbocycles. The van der Waals surface area contributed by atoms with Crippen molar-refractivity contribution in [2.24, 2.45) is 17.8 Å². The number of halogens is 13. The van der Waals surface area contributed by atoms with Gasteiger partial charge in [-0.3, -0.25) is 4.79 Å². The van der Waals surface area contributed by atoms with Gasteiger partial charge in [0.2, 0.25) is 0 Å². The van der Waals surface area contributed by atoms with Gasteiger partial charge < -0.3 is 14.6 Å². The molecular weight excluding hydrogens is 591 g/mol. The predicted octanol–water partition coefficient (Wildman–Crippen LogP) is 6.75. The van der Waals surface area contributed by atoms with Gasteiger partial charge in [-0.05, 0) is 31.1 Å². The highest BCUT2D eigenvalue weighted by Gasteiger charge is 2.95. The molecule has 4 nitrogen and oxygen atoms in total. The van der Waals surface area contributed by atoms with Crippen LogP contribution in [0.15, 0.2) is 0 Å². The highest BCUT2D eigenvalue weighted by Crippen LogP contribution is 2.65. The fraction of sp³-hybridized carbons (Fsp3) is 0.952. The molecule has 1 saturated heterocycles. The lowest BCUT2D eigenvalue weighted by Gasteiger charge is -2.45. The summed E-state index contributed by atoms with van der Waals surface area (Å²) < 4.78 is 186. The van der Waals surface area contributed by atoms with Crippen molar-refractivity contribution in [2.45, 2.75) is 99.6 Å². The van der Waals surface area contributed by atoms with E-state index >= 15 is 0 Å². The Balaban J connectivity index is 0.000000976. The molecule has 0 amide bonds. The summed E-state index contributed by atoms with van der Waals surface area (Å²) in [6.45, 7) is 6.23. The van der Waals surface area contributed by atoms with Crippen molar-refractivity contribution >= 4 is 14.0 Å². The topological polar surface area (TPSA) is 55.8 Å². The number of carbonyl (C=O) groups is 1. The van der Waals surface area contributed by atoms with E-state index in [4.69, 9.17) is 0 Å². The maximum absolute atomic E-state index is 14.8. The van der Waals surface area contributed by atoms with E-state index in [1.807, 2.05) is 0 Å². The first-order valence-corrected chi connectivity index (χ1v) is 15.6. The average molecular weight is 619 g/mol. The third-order valence-electron chi connectivity index (χ3n) is 6.71. The first-order chi connectivity index (χ1) is 17.1. The second kappa shape index (κ2) is 9.91. The number of esters is 1. The third kappa shape index (κ3) is 5.25. The molecule has 0 aromatic heterocycles. The van der Waals surface area contributed by atoms with Crippen LogP contribution in [0.1, 0.15) is 25.7 Å². The molecule has 3 rings (SSSR count). The van der Waals surface area contributed by atoms with E-state index < -0.39 is 80.2 Å². The van der Waals surface area contributed by atoms with Crippen LogP contribution in [0.3, 0.4) is 0 Å². The zero-order chi connectivity index (χ0) is 30.8. The molecule has 0 spiro atoms. The van der Waals surface area contributed by atoms with Gasteiger partial charge in [0, 0.05) is 8.07 Å². The highest BCUT2D eigenvalue weighted by atomic mass is 28.3. The Morgan fingerprint density at radius 1 is 0.949 bits per heavy atom. The summed E-state index contributed by atoms with van der Waals surface area (Å²) >= 11 is 0. The summed E-state index contributed by atoms with van der Waals surface area (Å²) in [7, 11) is -0.611. The van der Waals surface area contributed by atoms with Crippen molar-refractivity contribution in [1.82, 2.24) is 0 Å². The Morgan fingerprint density at radius 2 is 1.44 bits per heavy atom. The standard InChI is InChI=1S/C17H15F13O4.C4H12Si/c18-10(19)12(20,21)15(26,27)13(22,23)11(5-33-16(32,14(11,24)25)17(28,29)30)34-9(31)8-4-6-1-2-7(8)3-6;1-5(2,3)4/h6-8,10,32H,1-5H2;1-4H3. The number of rotatable bonds is 6. The van der Waals surface area contributed by atoms with E-state index in [-0.39, 0.29) is 25.2 Å². The summed E-state index contributed by atoms with van der Waals surface area (Å²) in [6, 6.07) is 0. The smallest absolute Gasteiger partial charge is 0.443 e. The van der Waals surface area contributed by atoms with Crippen molar-refractivity contribution in [2.75, 3.05) is 6.61 Å². The lowest BCUT2D eigenvalue weighted by Crippen LogP contribution is -2.76. The van der Waals surface area contributed by atoms with Crippen LogP contribution >= 0.6 is 0 Å². The molecule has 3 aliphatic rings. The summed E-state index contributed by atoms with van der Waals surface area (Å²) in [5.74, 6) is -39.4. The first kappa shape index (κ1) is 33.9. The van der Waals surface area contributed by atoms with E-state index in [0.717, 1.165) is 0 Å². The Labute approximate surface area is 215 Å². The zero-order valence-corrected chi connectivity index (χ0v) is 21.9. The predicted molar refractivity (Wildman–Crippen MR) is 110 cm³/mol. The Bertz CT molecular complexity index is 914. The number of hydrogen-bond donors (Lipinski definition) is 1. The molecule has 1 heterocycles. The van der Waals surface area contributed by atoms with E-state index in [1.54, 1.807) is 0 Å². The summed E-state index contributed by atoms with van der Waals surface area (Å²) in [4.78, 5) is 12.4. The lowest BCUT2D eigenvalue weighted by molar-refractivity contribution is -0.433.